The Kier molecular flexibility index (Phi) is 5.27. The SMILES string of the molecule is [C-]#[N+]CC1(n2cc(-c3nc(-c4cnn(C)c4)cn4nccc34)c(N)n2)CC(OCc2ccccc2)C1. The number of aromatic nitrogens is 7. The number of rotatable bonds is 7. The molecule has 1 aromatic carbocycles. The van der Waals surface area contributed by atoms with Gasteiger partial charge in [-0.15, -0.1) is 0 Å². The van der Waals surface area contributed by atoms with Gasteiger partial charge >= 0.3 is 0 Å². The lowest BCUT2D eigenvalue weighted by atomic mass is 9.74. The molecule has 1 aliphatic rings. The summed E-state index contributed by atoms with van der Waals surface area (Å²) in [5, 5.41) is 13.3. The molecule has 0 saturated heterocycles. The van der Waals surface area contributed by atoms with Crippen LogP contribution >= 0.6 is 0 Å². The van der Waals surface area contributed by atoms with Crippen molar-refractivity contribution >= 4 is 11.3 Å². The first-order valence-corrected chi connectivity index (χ1v) is 11.7. The molecular weight excluding hydrogens is 454 g/mol. The molecule has 0 spiro atoms. The average molecular weight is 480 g/mol. The summed E-state index contributed by atoms with van der Waals surface area (Å²) >= 11 is 0. The summed E-state index contributed by atoms with van der Waals surface area (Å²) in [6, 6.07) is 12.0. The van der Waals surface area contributed by atoms with Gasteiger partial charge in [-0.05, 0) is 11.6 Å². The minimum Gasteiger partial charge on any atom is -0.382 e. The van der Waals surface area contributed by atoms with Gasteiger partial charge in [0.2, 0.25) is 6.54 Å². The molecule has 0 amide bonds. The van der Waals surface area contributed by atoms with Gasteiger partial charge in [-0.25, -0.2) is 16.1 Å². The fraction of sp³-hybridized carbons (Fsp3) is 0.269. The van der Waals surface area contributed by atoms with Gasteiger partial charge in [-0.1, -0.05) is 30.3 Å². The lowest BCUT2D eigenvalue weighted by Gasteiger charge is -2.43. The zero-order valence-electron chi connectivity index (χ0n) is 19.8. The van der Waals surface area contributed by atoms with Crippen LogP contribution in [0, 0.1) is 6.57 Å². The number of ether oxygens (including phenoxy) is 1. The van der Waals surface area contributed by atoms with Crippen LogP contribution in [-0.2, 0) is 23.9 Å². The van der Waals surface area contributed by atoms with Gasteiger partial charge in [0.05, 0.1) is 48.1 Å². The van der Waals surface area contributed by atoms with E-state index in [1.165, 1.54) is 0 Å². The van der Waals surface area contributed by atoms with Crippen molar-refractivity contribution in [3.63, 3.8) is 0 Å². The number of nitrogen functional groups attached to an aromatic ring is 1. The number of aryl methyl sites for hydroxylation is 1. The summed E-state index contributed by atoms with van der Waals surface area (Å²) in [5.74, 6) is 0.368. The zero-order chi connectivity index (χ0) is 24.7. The van der Waals surface area contributed by atoms with Crippen LogP contribution in [0.3, 0.4) is 0 Å². The third-order valence-corrected chi connectivity index (χ3v) is 6.79. The largest absolute Gasteiger partial charge is 0.382 e. The van der Waals surface area contributed by atoms with E-state index in [4.69, 9.17) is 22.0 Å². The summed E-state index contributed by atoms with van der Waals surface area (Å²) in [4.78, 5) is 8.64. The second-order valence-electron chi connectivity index (χ2n) is 9.28. The lowest BCUT2D eigenvalue weighted by molar-refractivity contribution is -0.0789. The molecule has 1 aliphatic carbocycles. The van der Waals surface area contributed by atoms with Gasteiger partial charge in [0.25, 0.3) is 0 Å². The van der Waals surface area contributed by atoms with Gasteiger partial charge in [0.1, 0.15) is 11.2 Å². The molecule has 1 fully saturated rings. The van der Waals surface area contributed by atoms with Crippen LogP contribution in [0.25, 0.3) is 32.9 Å². The van der Waals surface area contributed by atoms with Crippen LogP contribution in [-0.4, -0.2) is 46.8 Å². The highest BCUT2D eigenvalue weighted by molar-refractivity contribution is 5.83. The van der Waals surface area contributed by atoms with E-state index in [2.05, 4.69) is 32.3 Å². The molecule has 6 rings (SSSR count). The maximum atomic E-state index is 7.56. The van der Waals surface area contributed by atoms with E-state index in [0.29, 0.717) is 43.1 Å². The molecule has 0 aliphatic heterocycles. The topological polar surface area (TPSA) is 105 Å². The average Bonchev–Trinajstić information content (AvgIpc) is 3.60. The summed E-state index contributed by atoms with van der Waals surface area (Å²) < 4.78 is 11.5. The fourth-order valence-corrected chi connectivity index (χ4v) is 4.86. The van der Waals surface area contributed by atoms with E-state index in [1.54, 1.807) is 21.6 Å². The number of benzene rings is 1. The van der Waals surface area contributed by atoms with E-state index in [-0.39, 0.29) is 6.10 Å². The van der Waals surface area contributed by atoms with Crippen molar-refractivity contribution in [1.29, 1.82) is 0 Å². The maximum Gasteiger partial charge on any atom is 0.239 e. The highest BCUT2D eigenvalue weighted by Crippen LogP contribution is 2.43. The molecule has 36 heavy (non-hydrogen) atoms. The van der Waals surface area contributed by atoms with Crippen molar-refractivity contribution in [2.45, 2.75) is 31.1 Å². The summed E-state index contributed by atoms with van der Waals surface area (Å²) in [5.41, 5.74) is 11.0. The number of fused-ring (bicyclic) bond motifs is 1. The first-order chi connectivity index (χ1) is 17.5. The fourth-order valence-electron chi connectivity index (χ4n) is 4.86. The Hall–Kier alpha value is -4.49. The van der Waals surface area contributed by atoms with Crippen LogP contribution in [0.15, 0.2) is 67.4 Å². The molecular formula is C26H25N9O. The normalized spacial score (nSPS) is 19.3. The number of nitrogens with zero attached hydrogens (tertiary/aromatic N) is 8. The van der Waals surface area contributed by atoms with Gasteiger partial charge in [-0.3, -0.25) is 9.36 Å². The molecule has 0 unspecified atom stereocenters. The van der Waals surface area contributed by atoms with Crippen molar-refractivity contribution in [3.8, 4) is 22.5 Å². The molecule has 5 aromatic rings. The predicted molar refractivity (Wildman–Crippen MR) is 135 cm³/mol. The molecule has 1 saturated carbocycles. The predicted octanol–water partition coefficient (Wildman–Crippen LogP) is 3.57. The quantitative estimate of drug-likeness (QED) is 0.358. The zero-order valence-corrected chi connectivity index (χ0v) is 19.8. The van der Waals surface area contributed by atoms with E-state index in [9.17, 15) is 0 Å². The van der Waals surface area contributed by atoms with Crippen molar-refractivity contribution < 1.29 is 4.74 Å². The molecule has 180 valence electrons. The standard InChI is InChI=1S/C26H25N9O/c1-28-17-26(10-20(11-26)36-16-18-6-4-3-5-7-18)35-14-21(25(27)32-35)24-23-8-9-29-34(23)15-22(31-24)19-12-30-33(2)13-19/h3-9,12-15,20H,10-11,16-17H2,2H3,(H2,27,32). The molecule has 2 N–H and O–H groups in total. The summed E-state index contributed by atoms with van der Waals surface area (Å²) in [6.45, 7) is 8.43. The summed E-state index contributed by atoms with van der Waals surface area (Å²) in [6.07, 6.45) is 10.7. The van der Waals surface area contributed by atoms with E-state index >= 15 is 0 Å². The Balaban J connectivity index is 1.31. The highest BCUT2D eigenvalue weighted by Gasteiger charge is 2.50. The molecule has 0 atom stereocenters. The Bertz CT molecular complexity index is 1570. The van der Waals surface area contributed by atoms with E-state index in [0.717, 1.165) is 22.3 Å². The van der Waals surface area contributed by atoms with Crippen molar-refractivity contribution in [1.82, 2.24) is 34.2 Å². The number of hydrogen-bond donors (Lipinski definition) is 1. The smallest absolute Gasteiger partial charge is 0.239 e. The van der Waals surface area contributed by atoms with Gasteiger partial charge in [0.15, 0.2) is 5.82 Å². The summed E-state index contributed by atoms with van der Waals surface area (Å²) in [7, 11) is 1.87. The third kappa shape index (κ3) is 3.79. The minimum atomic E-state index is -0.451. The Morgan fingerprint density at radius 1 is 1.14 bits per heavy atom. The maximum absolute atomic E-state index is 7.56. The number of hydrogen-bond acceptors (Lipinski definition) is 6. The molecule has 4 aromatic heterocycles. The van der Waals surface area contributed by atoms with Crippen LogP contribution in [0.4, 0.5) is 5.82 Å². The second-order valence-corrected chi connectivity index (χ2v) is 9.28. The Morgan fingerprint density at radius 3 is 2.72 bits per heavy atom. The Morgan fingerprint density at radius 2 is 1.97 bits per heavy atom. The minimum absolute atomic E-state index is 0.0643. The van der Waals surface area contributed by atoms with E-state index < -0.39 is 5.54 Å². The molecule has 4 heterocycles. The molecule has 0 radical (unpaired) electrons. The monoisotopic (exact) mass is 479 g/mol. The molecule has 10 heteroatoms. The number of nitrogens with two attached hydrogens (primary N) is 1. The first kappa shape index (κ1) is 22.0. The second kappa shape index (κ2) is 8.62. The van der Waals surface area contributed by atoms with Crippen LogP contribution < -0.4 is 5.73 Å². The lowest BCUT2D eigenvalue weighted by Crippen LogP contribution is -2.52. The van der Waals surface area contributed by atoms with Crippen LogP contribution in [0.1, 0.15) is 18.4 Å². The van der Waals surface area contributed by atoms with Gasteiger partial charge in [0, 0.05) is 37.8 Å². The van der Waals surface area contributed by atoms with Gasteiger partial charge in [-0.2, -0.15) is 15.3 Å². The number of anilines is 1. The van der Waals surface area contributed by atoms with Crippen LogP contribution in [0.5, 0.6) is 0 Å². The molecule has 0 bridgehead atoms. The van der Waals surface area contributed by atoms with Crippen molar-refractivity contribution in [3.05, 3.63) is 84.4 Å². The first-order valence-electron chi connectivity index (χ1n) is 11.7. The molecule has 10 nitrogen and oxygen atoms in total. The Labute approximate surface area is 207 Å². The van der Waals surface area contributed by atoms with Crippen molar-refractivity contribution in [2.24, 2.45) is 7.05 Å². The highest BCUT2D eigenvalue weighted by atomic mass is 16.5. The van der Waals surface area contributed by atoms with Crippen molar-refractivity contribution in [2.75, 3.05) is 12.3 Å². The third-order valence-electron chi connectivity index (χ3n) is 6.79. The van der Waals surface area contributed by atoms with E-state index in [1.807, 2.05) is 54.6 Å². The van der Waals surface area contributed by atoms with Gasteiger partial charge < -0.3 is 15.3 Å². The van der Waals surface area contributed by atoms with Crippen LogP contribution in [0.2, 0.25) is 0 Å².